The Bertz CT molecular complexity index is 692. The van der Waals surface area contributed by atoms with E-state index in [0.717, 1.165) is 46.9 Å². The fraction of sp³-hybridized carbons (Fsp3) is 0.450. The van der Waals surface area contributed by atoms with E-state index in [-0.39, 0.29) is 0 Å². The Labute approximate surface area is 145 Å². The van der Waals surface area contributed by atoms with Gasteiger partial charge in [0.2, 0.25) is 0 Å². The van der Waals surface area contributed by atoms with E-state index in [1.807, 2.05) is 37.4 Å². The number of unbranched alkanes of at least 4 members (excludes halogenated alkanes) is 4. The molecule has 0 radical (unpaired) electrons. The van der Waals surface area contributed by atoms with E-state index in [0.29, 0.717) is 0 Å². The molecule has 2 N–H and O–H groups in total. The number of benzene rings is 1. The second-order valence-corrected chi connectivity index (χ2v) is 6.16. The van der Waals surface area contributed by atoms with Crippen LogP contribution in [-0.2, 0) is 6.42 Å². The number of hydrogen-bond acceptors (Lipinski definition) is 4. The van der Waals surface area contributed by atoms with Crippen molar-refractivity contribution in [2.45, 2.75) is 52.4 Å². The second-order valence-electron chi connectivity index (χ2n) is 6.16. The van der Waals surface area contributed by atoms with E-state index >= 15 is 0 Å². The predicted molar refractivity (Wildman–Crippen MR) is 103 cm³/mol. The number of aliphatic imine (C=N–C) groups is 1. The van der Waals surface area contributed by atoms with Crippen LogP contribution in [0.3, 0.4) is 0 Å². The Morgan fingerprint density at radius 1 is 1.12 bits per heavy atom. The molecule has 1 aromatic carbocycles. The number of hydrogen-bond donors (Lipinski definition) is 1. The number of anilines is 1. The van der Waals surface area contributed by atoms with Gasteiger partial charge in [-0.15, -0.1) is 0 Å². The van der Waals surface area contributed by atoms with Crippen molar-refractivity contribution in [3.05, 3.63) is 41.3 Å². The number of rotatable bonds is 8. The maximum absolute atomic E-state index is 5.95. The van der Waals surface area contributed by atoms with Gasteiger partial charge in [0.1, 0.15) is 5.82 Å². The molecule has 4 heteroatoms. The third-order valence-corrected chi connectivity index (χ3v) is 4.10. The molecule has 0 aliphatic heterocycles. The third kappa shape index (κ3) is 4.88. The molecule has 128 valence electrons. The molecule has 0 amide bonds. The Kier molecular flexibility index (Phi) is 6.91. The Morgan fingerprint density at radius 2 is 1.92 bits per heavy atom. The lowest BCUT2D eigenvalue weighted by Crippen LogP contribution is -2.05. The van der Waals surface area contributed by atoms with E-state index in [2.05, 4.69) is 16.9 Å². The van der Waals surface area contributed by atoms with Gasteiger partial charge in [-0.3, -0.25) is 4.99 Å². The van der Waals surface area contributed by atoms with E-state index in [1.165, 1.54) is 25.7 Å². The monoisotopic (exact) mass is 324 g/mol. The zero-order chi connectivity index (χ0) is 17.4. The summed E-state index contributed by atoms with van der Waals surface area (Å²) >= 11 is 0. The van der Waals surface area contributed by atoms with Crippen LogP contribution in [-0.4, -0.2) is 23.2 Å². The van der Waals surface area contributed by atoms with Gasteiger partial charge in [0.05, 0.1) is 11.4 Å². The van der Waals surface area contributed by atoms with Crippen LogP contribution in [0.2, 0.25) is 0 Å². The molecule has 0 saturated heterocycles. The summed E-state index contributed by atoms with van der Waals surface area (Å²) in [7, 11) is 1.77. The smallest absolute Gasteiger partial charge is 0.129 e. The Morgan fingerprint density at radius 3 is 2.62 bits per heavy atom. The van der Waals surface area contributed by atoms with Gasteiger partial charge in [0, 0.05) is 36.5 Å². The van der Waals surface area contributed by atoms with Crippen molar-refractivity contribution in [2.24, 2.45) is 4.99 Å². The van der Waals surface area contributed by atoms with Crippen LogP contribution in [0.25, 0.3) is 11.3 Å². The van der Waals surface area contributed by atoms with Crippen molar-refractivity contribution in [1.82, 2.24) is 9.97 Å². The van der Waals surface area contributed by atoms with Crippen LogP contribution < -0.4 is 5.73 Å². The molecule has 0 fully saturated rings. The molecule has 2 rings (SSSR count). The summed E-state index contributed by atoms with van der Waals surface area (Å²) in [6.07, 6.45) is 8.99. The molecular weight excluding hydrogens is 296 g/mol. The van der Waals surface area contributed by atoms with E-state index in [9.17, 15) is 0 Å². The van der Waals surface area contributed by atoms with E-state index in [1.54, 1.807) is 7.05 Å². The molecule has 0 atom stereocenters. The standard InChI is InChI=1S/C20H28N4/c1-4-5-6-7-8-12-19-23-15(2)18(14-22-3)20(24-19)16-10-9-11-17(21)13-16/h9-11,13-14H,4-8,12,21H2,1-3H3. The normalized spacial score (nSPS) is 11.3. The molecule has 4 nitrogen and oxygen atoms in total. The number of nitrogens with two attached hydrogens (primary N) is 1. The van der Waals surface area contributed by atoms with Crippen molar-refractivity contribution in [1.29, 1.82) is 0 Å². The van der Waals surface area contributed by atoms with Crippen LogP contribution in [0.4, 0.5) is 5.69 Å². The number of aryl methyl sites for hydroxylation is 2. The Balaban J connectivity index is 2.29. The SMILES string of the molecule is CCCCCCCc1nc(C)c(C=NC)c(-c2cccc(N)c2)n1. The highest BCUT2D eigenvalue weighted by Gasteiger charge is 2.12. The van der Waals surface area contributed by atoms with Gasteiger partial charge in [-0.05, 0) is 25.5 Å². The first-order chi connectivity index (χ1) is 11.7. The quantitative estimate of drug-likeness (QED) is 0.438. The summed E-state index contributed by atoms with van der Waals surface area (Å²) in [6.45, 7) is 4.26. The molecule has 1 aromatic heterocycles. The van der Waals surface area contributed by atoms with Crippen LogP contribution in [0.5, 0.6) is 0 Å². The maximum Gasteiger partial charge on any atom is 0.129 e. The average molecular weight is 324 g/mol. The fourth-order valence-electron chi connectivity index (χ4n) is 2.83. The second kappa shape index (κ2) is 9.16. The molecule has 0 unspecified atom stereocenters. The van der Waals surface area contributed by atoms with Crippen LogP contribution in [0.15, 0.2) is 29.3 Å². The summed E-state index contributed by atoms with van der Waals surface area (Å²) in [5.41, 5.74) is 10.6. The van der Waals surface area contributed by atoms with Crippen molar-refractivity contribution in [3.63, 3.8) is 0 Å². The fourth-order valence-corrected chi connectivity index (χ4v) is 2.83. The number of aromatic nitrogens is 2. The van der Waals surface area contributed by atoms with Gasteiger partial charge in [-0.2, -0.15) is 0 Å². The largest absolute Gasteiger partial charge is 0.399 e. The lowest BCUT2D eigenvalue weighted by atomic mass is 10.0. The van der Waals surface area contributed by atoms with Gasteiger partial charge in [0.15, 0.2) is 0 Å². The molecule has 0 spiro atoms. The molecular formula is C20H28N4. The summed E-state index contributed by atoms with van der Waals surface area (Å²) in [5.74, 6) is 0.912. The highest BCUT2D eigenvalue weighted by atomic mass is 14.9. The first-order valence-corrected chi connectivity index (χ1v) is 8.81. The van der Waals surface area contributed by atoms with Crippen molar-refractivity contribution >= 4 is 11.9 Å². The number of nitrogen functional groups attached to an aromatic ring is 1. The van der Waals surface area contributed by atoms with E-state index in [4.69, 9.17) is 10.7 Å². The van der Waals surface area contributed by atoms with Crippen LogP contribution in [0, 0.1) is 6.92 Å². The van der Waals surface area contributed by atoms with Gasteiger partial charge in [-0.25, -0.2) is 9.97 Å². The summed E-state index contributed by atoms with van der Waals surface area (Å²) in [4.78, 5) is 13.7. The Hall–Kier alpha value is -2.23. The average Bonchev–Trinajstić information content (AvgIpc) is 2.57. The number of nitrogens with zero attached hydrogens (tertiary/aromatic N) is 3. The predicted octanol–water partition coefficient (Wildman–Crippen LogP) is 4.60. The van der Waals surface area contributed by atoms with Crippen molar-refractivity contribution in [2.75, 3.05) is 12.8 Å². The molecule has 24 heavy (non-hydrogen) atoms. The summed E-state index contributed by atoms with van der Waals surface area (Å²) in [5, 5.41) is 0. The van der Waals surface area contributed by atoms with Gasteiger partial charge in [0.25, 0.3) is 0 Å². The van der Waals surface area contributed by atoms with Crippen molar-refractivity contribution in [3.8, 4) is 11.3 Å². The third-order valence-electron chi connectivity index (χ3n) is 4.10. The van der Waals surface area contributed by atoms with Gasteiger partial charge in [-0.1, -0.05) is 44.7 Å². The topological polar surface area (TPSA) is 64.2 Å². The maximum atomic E-state index is 5.95. The summed E-state index contributed by atoms with van der Waals surface area (Å²) < 4.78 is 0. The van der Waals surface area contributed by atoms with Crippen LogP contribution in [0.1, 0.15) is 56.1 Å². The molecule has 2 aromatic rings. The highest BCUT2D eigenvalue weighted by molar-refractivity contribution is 5.90. The van der Waals surface area contributed by atoms with Crippen molar-refractivity contribution < 1.29 is 0 Å². The van der Waals surface area contributed by atoms with Crippen LogP contribution >= 0.6 is 0 Å². The highest BCUT2D eigenvalue weighted by Crippen LogP contribution is 2.24. The minimum Gasteiger partial charge on any atom is -0.399 e. The molecule has 0 aliphatic rings. The van der Waals surface area contributed by atoms with E-state index < -0.39 is 0 Å². The zero-order valence-corrected chi connectivity index (χ0v) is 15.0. The molecule has 0 bridgehead atoms. The minimum atomic E-state index is 0.740. The minimum absolute atomic E-state index is 0.740. The molecule has 1 heterocycles. The lowest BCUT2D eigenvalue weighted by molar-refractivity contribution is 0.622. The molecule has 0 aliphatic carbocycles. The lowest BCUT2D eigenvalue weighted by Gasteiger charge is -2.11. The molecule has 0 saturated carbocycles. The first-order valence-electron chi connectivity index (χ1n) is 8.81. The first kappa shape index (κ1) is 18.1. The summed E-state index contributed by atoms with van der Waals surface area (Å²) in [6, 6.07) is 7.84. The zero-order valence-electron chi connectivity index (χ0n) is 15.0. The van der Waals surface area contributed by atoms with Gasteiger partial charge < -0.3 is 5.73 Å². The van der Waals surface area contributed by atoms with Gasteiger partial charge >= 0.3 is 0 Å².